The number of allylic oxidation sites excluding steroid dienone is 4. The summed E-state index contributed by atoms with van der Waals surface area (Å²) in [5, 5.41) is 0. The van der Waals surface area contributed by atoms with Crippen LogP contribution in [0.25, 0.3) is 0 Å². The quantitative estimate of drug-likeness (QED) is 0.521. The normalized spacial score (nSPS) is 36.6. The van der Waals surface area contributed by atoms with E-state index in [4.69, 9.17) is 0 Å². The maximum absolute atomic E-state index is 2.42. The monoisotopic (exact) mass is 176 g/mol. The van der Waals surface area contributed by atoms with Crippen LogP contribution in [-0.2, 0) is 0 Å². The molecule has 0 N–H and O–H groups in total. The van der Waals surface area contributed by atoms with Crippen LogP contribution in [0.5, 0.6) is 0 Å². The summed E-state index contributed by atoms with van der Waals surface area (Å²) < 4.78 is 0. The third-order valence-electron chi connectivity index (χ3n) is 4.17. The molecular weight excluding hydrogens is 156 g/mol. The molecule has 1 unspecified atom stereocenters. The second-order valence-electron chi connectivity index (χ2n) is 5.50. The van der Waals surface area contributed by atoms with Crippen LogP contribution in [0.1, 0.15) is 47.0 Å². The molecule has 0 heterocycles. The van der Waals surface area contributed by atoms with Crippen LogP contribution in [0.4, 0.5) is 0 Å². The highest BCUT2D eigenvalue weighted by Gasteiger charge is 2.43. The Kier molecular flexibility index (Phi) is 1.74. The maximum Gasteiger partial charge on any atom is 0.0101 e. The van der Waals surface area contributed by atoms with Crippen LogP contribution in [-0.4, -0.2) is 0 Å². The van der Waals surface area contributed by atoms with Crippen molar-refractivity contribution >= 4 is 0 Å². The van der Waals surface area contributed by atoms with Crippen molar-refractivity contribution in [1.29, 1.82) is 0 Å². The van der Waals surface area contributed by atoms with Gasteiger partial charge in [-0.15, -0.1) is 0 Å². The molecule has 0 aromatic rings. The van der Waals surface area contributed by atoms with E-state index in [1.54, 1.807) is 11.1 Å². The zero-order valence-electron chi connectivity index (χ0n) is 9.28. The van der Waals surface area contributed by atoms with Gasteiger partial charge in [0.05, 0.1) is 0 Å². The van der Waals surface area contributed by atoms with Gasteiger partial charge in [0.15, 0.2) is 0 Å². The van der Waals surface area contributed by atoms with E-state index in [2.05, 4.69) is 39.8 Å². The molecule has 1 saturated carbocycles. The molecule has 0 spiro atoms. The van der Waals surface area contributed by atoms with Crippen molar-refractivity contribution in [3.63, 3.8) is 0 Å². The second-order valence-corrected chi connectivity index (χ2v) is 5.50. The summed E-state index contributed by atoms with van der Waals surface area (Å²) in [6.45, 7) is 9.48. The Morgan fingerprint density at radius 2 is 1.77 bits per heavy atom. The van der Waals surface area contributed by atoms with Gasteiger partial charge in [0.25, 0.3) is 0 Å². The molecule has 1 fully saturated rings. The lowest BCUT2D eigenvalue weighted by Crippen LogP contribution is -2.33. The van der Waals surface area contributed by atoms with Gasteiger partial charge >= 0.3 is 0 Å². The molecule has 2 aliphatic carbocycles. The fourth-order valence-corrected chi connectivity index (χ4v) is 3.11. The highest BCUT2D eigenvalue weighted by atomic mass is 14.5. The van der Waals surface area contributed by atoms with Gasteiger partial charge in [-0.05, 0) is 25.2 Å². The summed E-state index contributed by atoms with van der Waals surface area (Å²) >= 11 is 0. The lowest BCUT2D eigenvalue weighted by Gasteiger charge is -2.44. The zero-order chi connectivity index (χ0) is 9.69. The molecule has 0 bridgehead atoms. The smallest absolute Gasteiger partial charge is 0.0101 e. The van der Waals surface area contributed by atoms with Gasteiger partial charge in [-0.25, -0.2) is 0 Å². The first-order chi connectivity index (χ1) is 5.97. The Morgan fingerprint density at radius 1 is 1.08 bits per heavy atom. The van der Waals surface area contributed by atoms with E-state index in [1.807, 2.05) is 0 Å². The minimum Gasteiger partial charge on any atom is -0.0633 e. The molecule has 0 nitrogen and oxygen atoms in total. The standard InChI is InChI=1S/C13H20/c1-10-6-7-11-12(2,3)8-5-9-13(10,11)4/h6-7H,5,8-9H2,1-4H3. The SMILES string of the molecule is CC1=CC=C2C(C)(C)CCCC12C. The van der Waals surface area contributed by atoms with Crippen LogP contribution >= 0.6 is 0 Å². The molecule has 2 aliphatic rings. The Hall–Kier alpha value is -0.520. The maximum atomic E-state index is 2.42. The molecule has 0 aromatic carbocycles. The van der Waals surface area contributed by atoms with Crippen LogP contribution in [0, 0.1) is 10.8 Å². The third kappa shape index (κ3) is 1.11. The predicted octanol–water partition coefficient (Wildman–Crippen LogP) is 4.09. The first-order valence-corrected chi connectivity index (χ1v) is 5.37. The van der Waals surface area contributed by atoms with Gasteiger partial charge in [-0.2, -0.15) is 0 Å². The predicted molar refractivity (Wildman–Crippen MR) is 57.6 cm³/mol. The fraction of sp³-hybridized carbons (Fsp3) is 0.692. The van der Waals surface area contributed by atoms with Crippen LogP contribution < -0.4 is 0 Å². The molecule has 0 amide bonds. The molecular formula is C13H20. The van der Waals surface area contributed by atoms with E-state index in [-0.39, 0.29) is 0 Å². The van der Waals surface area contributed by atoms with Gasteiger partial charge in [0, 0.05) is 5.41 Å². The largest absolute Gasteiger partial charge is 0.0633 e. The van der Waals surface area contributed by atoms with Crippen LogP contribution in [0.15, 0.2) is 23.3 Å². The van der Waals surface area contributed by atoms with E-state index in [1.165, 1.54) is 19.3 Å². The molecule has 0 heteroatoms. The number of hydrogen-bond donors (Lipinski definition) is 0. The average molecular weight is 176 g/mol. The van der Waals surface area contributed by atoms with Crippen molar-refractivity contribution in [2.24, 2.45) is 10.8 Å². The topological polar surface area (TPSA) is 0 Å². The van der Waals surface area contributed by atoms with Gasteiger partial charge in [0.2, 0.25) is 0 Å². The Balaban J connectivity index is 2.42. The molecule has 0 aromatic heterocycles. The zero-order valence-corrected chi connectivity index (χ0v) is 9.28. The third-order valence-corrected chi connectivity index (χ3v) is 4.17. The van der Waals surface area contributed by atoms with Crippen molar-refractivity contribution in [3.05, 3.63) is 23.3 Å². The second kappa shape index (κ2) is 2.50. The van der Waals surface area contributed by atoms with E-state index >= 15 is 0 Å². The lowest BCUT2D eigenvalue weighted by molar-refractivity contribution is 0.234. The van der Waals surface area contributed by atoms with Crippen molar-refractivity contribution in [2.75, 3.05) is 0 Å². The van der Waals surface area contributed by atoms with E-state index in [0.717, 1.165) is 0 Å². The summed E-state index contributed by atoms with van der Waals surface area (Å²) in [7, 11) is 0. The van der Waals surface area contributed by atoms with E-state index in [0.29, 0.717) is 10.8 Å². The molecule has 0 aliphatic heterocycles. The van der Waals surface area contributed by atoms with Crippen molar-refractivity contribution in [1.82, 2.24) is 0 Å². The minimum atomic E-state index is 0.405. The van der Waals surface area contributed by atoms with Gasteiger partial charge in [-0.3, -0.25) is 0 Å². The molecule has 1 atom stereocenters. The summed E-state index contributed by atoms with van der Waals surface area (Å²) in [5.74, 6) is 0. The van der Waals surface area contributed by atoms with E-state index in [9.17, 15) is 0 Å². The minimum absolute atomic E-state index is 0.405. The van der Waals surface area contributed by atoms with Gasteiger partial charge in [0.1, 0.15) is 0 Å². The van der Waals surface area contributed by atoms with Crippen LogP contribution in [0.3, 0.4) is 0 Å². The summed E-state index contributed by atoms with van der Waals surface area (Å²) in [6, 6.07) is 0. The van der Waals surface area contributed by atoms with Crippen molar-refractivity contribution in [2.45, 2.75) is 47.0 Å². The molecule has 0 saturated heterocycles. The Bertz CT molecular complexity index is 291. The van der Waals surface area contributed by atoms with E-state index < -0.39 is 0 Å². The Morgan fingerprint density at radius 3 is 2.38 bits per heavy atom. The highest BCUT2D eigenvalue weighted by Crippen LogP contribution is 2.56. The summed E-state index contributed by atoms with van der Waals surface area (Å²) in [4.78, 5) is 0. The first-order valence-electron chi connectivity index (χ1n) is 5.37. The molecule has 2 rings (SSSR count). The molecule has 0 radical (unpaired) electrons. The van der Waals surface area contributed by atoms with Gasteiger partial charge in [-0.1, -0.05) is 50.5 Å². The molecule has 13 heavy (non-hydrogen) atoms. The van der Waals surface area contributed by atoms with Crippen molar-refractivity contribution in [3.8, 4) is 0 Å². The first kappa shape index (κ1) is 9.05. The highest BCUT2D eigenvalue weighted by molar-refractivity contribution is 5.43. The fourth-order valence-electron chi connectivity index (χ4n) is 3.11. The number of hydrogen-bond acceptors (Lipinski definition) is 0. The lowest BCUT2D eigenvalue weighted by atomic mass is 9.60. The van der Waals surface area contributed by atoms with Crippen molar-refractivity contribution < 1.29 is 0 Å². The Labute approximate surface area is 81.7 Å². The van der Waals surface area contributed by atoms with Crippen LogP contribution in [0.2, 0.25) is 0 Å². The van der Waals surface area contributed by atoms with Gasteiger partial charge < -0.3 is 0 Å². The molecule has 72 valence electrons. The number of fused-ring (bicyclic) bond motifs is 1. The summed E-state index contributed by atoms with van der Waals surface area (Å²) in [6.07, 6.45) is 8.78. The average Bonchev–Trinajstić information content (AvgIpc) is 2.29. The number of rotatable bonds is 0. The summed E-state index contributed by atoms with van der Waals surface area (Å²) in [5.41, 5.74) is 4.07.